The van der Waals surface area contributed by atoms with Crippen LogP contribution in [0.5, 0.6) is 0 Å². The zero-order valence-corrected chi connectivity index (χ0v) is 16.6. The Kier molecular flexibility index (Phi) is 5.97. The van der Waals surface area contributed by atoms with Gasteiger partial charge in [0.2, 0.25) is 0 Å². The number of urea groups is 1. The van der Waals surface area contributed by atoms with Crippen molar-refractivity contribution in [2.45, 2.75) is 19.9 Å². The molecule has 1 unspecified atom stereocenters. The third-order valence-corrected chi connectivity index (χ3v) is 4.76. The molecule has 2 aromatic carbocycles. The number of allylic oxidation sites excluding steroid dienone is 1. The molecule has 0 spiro atoms. The average Bonchev–Trinajstić information content (AvgIpc) is 2.72. The minimum Gasteiger partial charge on any atom is -0.463 e. The largest absolute Gasteiger partial charge is 0.463 e. The second-order valence-electron chi connectivity index (χ2n) is 6.61. The number of esters is 1. The highest BCUT2D eigenvalue weighted by Crippen LogP contribution is 2.31. The Morgan fingerprint density at radius 3 is 2.55 bits per heavy atom. The van der Waals surface area contributed by atoms with Crippen LogP contribution in [0.15, 0.2) is 65.9 Å². The van der Waals surface area contributed by atoms with E-state index in [0.29, 0.717) is 28.1 Å². The van der Waals surface area contributed by atoms with Crippen molar-refractivity contribution in [1.29, 1.82) is 0 Å². The highest BCUT2D eigenvalue weighted by molar-refractivity contribution is 6.04. The lowest BCUT2D eigenvalue weighted by Gasteiger charge is -2.33. The number of hydrogen-bond acceptors (Lipinski definition) is 4. The number of anilines is 1. The Hall–Kier alpha value is -3.61. The van der Waals surface area contributed by atoms with Gasteiger partial charge in [-0.05, 0) is 43.7 Å². The number of rotatable bonds is 5. The third kappa shape index (κ3) is 4.29. The lowest BCUT2D eigenvalue weighted by atomic mass is 9.94. The summed E-state index contributed by atoms with van der Waals surface area (Å²) in [5, 5.41) is 5.67. The molecule has 150 valence electrons. The van der Waals surface area contributed by atoms with Gasteiger partial charge in [-0.1, -0.05) is 30.3 Å². The number of nitrogens with zero attached hydrogens (tertiary/aromatic N) is 1. The van der Waals surface area contributed by atoms with E-state index in [-0.39, 0.29) is 18.5 Å². The van der Waals surface area contributed by atoms with Gasteiger partial charge in [0.1, 0.15) is 0 Å². The van der Waals surface area contributed by atoms with Gasteiger partial charge in [0.25, 0.3) is 5.91 Å². The van der Waals surface area contributed by atoms with Gasteiger partial charge in [-0.2, -0.15) is 0 Å². The molecule has 0 saturated carbocycles. The van der Waals surface area contributed by atoms with Crippen LogP contribution in [0.4, 0.5) is 10.5 Å². The summed E-state index contributed by atoms with van der Waals surface area (Å²) in [7, 11) is 1.59. The third-order valence-electron chi connectivity index (χ3n) is 4.76. The van der Waals surface area contributed by atoms with Crippen molar-refractivity contribution < 1.29 is 19.1 Å². The van der Waals surface area contributed by atoms with Crippen molar-refractivity contribution in [2.24, 2.45) is 0 Å². The summed E-state index contributed by atoms with van der Waals surface area (Å²) in [6, 6.07) is 14.9. The molecule has 0 bridgehead atoms. The van der Waals surface area contributed by atoms with Gasteiger partial charge in [-0.15, -0.1) is 0 Å². The van der Waals surface area contributed by atoms with E-state index >= 15 is 0 Å². The number of amides is 3. The fourth-order valence-electron chi connectivity index (χ4n) is 3.15. The number of hydrogen-bond donors (Lipinski definition) is 2. The molecule has 29 heavy (non-hydrogen) atoms. The molecular formula is C22H23N3O4. The number of nitrogens with one attached hydrogen (secondary N) is 2. The Morgan fingerprint density at radius 1 is 1.14 bits per heavy atom. The van der Waals surface area contributed by atoms with Crippen molar-refractivity contribution in [2.75, 3.05) is 19.0 Å². The molecule has 2 N–H and O–H groups in total. The maximum absolute atomic E-state index is 12.6. The number of benzene rings is 2. The summed E-state index contributed by atoms with van der Waals surface area (Å²) in [6.45, 7) is 3.67. The lowest BCUT2D eigenvalue weighted by molar-refractivity contribution is -0.139. The van der Waals surface area contributed by atoms with Gasteiger partial charge in [-0.3, -0.25) is 4.79 Å². The Balaban J connectivity index is 1.92. The summed E-state index contributed by atoms with van der Waals surface area (Å²) in [5.41, 5.74) is 2.65. The fraction of sp³-hybridized carbons (Fsp3) is 0.227. The molecular weight excluding hydrogens is 370 g/mol. The van der Waals surface area contributed by atoms with E-state index in [1.54, 1.807) is 69.4 Å². The van der Waals surface area contributed by atoms with Crippen LogP contribution in [-0.2, 0) is 9.53 Å². The smallest absolute Gasteiger partial charge is 0.338 e. The number of carbonyl (C=O) groups is 3. The highest BCUT2D eigenvalue weighted by Gasteiger charge is 2.35. The van der Waals surface area contributed by atoms with E-state index in [4.69, 9.17) is 4.74 Å². The van der Waals surface area contributed by atoms with Crippen LogP contribution >= 0.6 is 0 Å². The van der Waals surface area contributed by atoms with E-state index in [2.05, 4.69) is 10.6 Å². The maximum atomic E-state index is 12.6. The predicted molar refractivity (Wildman–Crippen MR) is 109 cm³/mol. The normalized spacial score (nSPS) is 16.3. The molecule has 0 aliphatic carbocycles. The average molecular weight is 393 g/mol. The van der Waals surface area contributed by atoms with Crippen molar-refractivity contribution in [3.63, 3.8) is 0 Å². The minimum atomic E-state index is -0.675. The maximum Gasteiger partial charge on any atom is 0.338 e. The first-order valence-corrected chi connectivity index (χ1v) is 9.30. The van der Waals surface area contributed by atoms with Crippen molar-refractivity contribution in [3.05, 3.63) is 77.0 Å². The number of ether oxygens (including phenoxy) is 1. The molecule has 7 heteroatoms. The van der Waals surface area contributed by atoms with Crippen molar-refractivity contribution >= 4 is 23.6 Å². The first-order valence-electron chi connectivity index (χ1n) is 9.30. The zero-order chi connectivity index (χ0) is 21.0. The summed E-state index contributed by atoms with van der Waals surface area (Å²) in [5.74, 6) is -0.729. The summed E-state index contributed by atoms with van der Waals surface area (Å²) >= 11 is 0. The molecule has 0 radical (unpaired) electrons. The topological polar surface area (TPSA) is 87.7 Å². The molecule has 0 aromatic heterocycles. The Morgan fingerprint density at radius 2 is 1.86 bits per heavy atom. The Labute approximate surface area is 169 Å². The lowest BCUT2D eigenvalue weighted by Crippen LogP contribution is -2.46. The van der Waals surface area contributed by atoms with Gasteiger partial charge in [0.05, 0.1) is 18.2 Å². The standard InChI is InChI=1S/C22H23N3O4/c1-4-29-21(27)18-14(2)25(3)22(28)24-19(18)16-11-8-12-17(13-16)23-20(26)15-9-6-5-7-10-15/h5-13,19H,4H2,1-3H3,(H,23,26)(H,24,28). The number of carbonyl (C=O) groups excluding carboxylic acids is 3. The molecule has 1 aliphatic rings. The summed E-state index contributed by atoms with van der Waals surface area (Å²) in [6.07, 6.45) is 0. The van der Waals surface area contributed by atoms with Gasteiger partial charge in [-0.25, -0.2) is 9.59 Å². The molecule has 7 nitrogen and oxygen atoms in total. The van der Waals surface area contributed by atoms with Crippen molar-refractivity contribution in [3.8, 4) is 0 Å². The zero-order valence-electron chi connectivity index (χ0n) is 16.6. The van der Waals surface area contributed by atoms with Crippen LogP contribution < -0.4 is 10.6 Å². The highest BCUT2D eigenvalue weighted by atomic mass is 16.5. The van der Waals surface area contributed by atoms with Crippen LogP contribution in [0.2, 0.25) is 0 Å². The second kappa shape index (κ2) is 8.60. The minimum absolute atomic E-state index is 0.229. The van der Waals surface area contributed by atoms with Crippen molar-refractivity contribution in [1.82, 2.24) is 10.2 Å². The molecule has 1 aliphatic heterocycles. The van der Waals surface area contributed by atoms with E-state index < -0.39 is 12.0 Å². The quantitative estimate of drug-likeness (QED) is 0.762. The second-order valence-corrected chi connectivity index (χ2v) is 6.61. The van der Waals surface area contributed by atoms with E-state index in [1.807, 2.05) is 6.07 Å². The van der Waals surface area contributed by atoms with Crippen LogP contribution in [-0.4, -0.2) is 36.5 Å². The van der Waals surface area contributed by atoms with E-state index in [9.17, 15) is 14.4 Å². The van der Waals surface area contributed by atoms with Gasteiger partial charge in [0.15, 0.2) is 0 Å². The SMILES string of the molecule is CCOC(=O)C1=C(C)N(C)C(=O)NC1c1cccc(NC(=O)c2ccccc2)c1. The first kappa shape index (κ1) is 20.1. The van der Waals surface area contributed by atoms with Crippen LogP contribution in [0.25, 0.3) is 0 Å². The molecule has 0 saturated heterocycles. The molecule has 1 heterocycles. The monoisotopic (exact) mass is 393 g/mol. The molecule has 3 amide bonds. The summed E-state index contributed by atoms with van der Waals surface area (Å²) in [4.78, 5) is 38.7. The van der Waals surface area contributed by atoms with E-state index in [0.717, 1.165) is 0 Å². The van der Waals surface area contributed by atoms with Crippen LogP contribution in [0.3, 0.4) is 0 Å². The Bertz CT molecular complexity index is 969. The predicted octanol–water partition coefficient (Wildman–Crippen LogP) is 3.47. The van der Waals surface area contributed by atoms with Gasteiger partial charge in [0, 0.05) is 24.0 Å². The first-order chi connectivity index (χ1) is 13.9. The van der Waals surface area contributed by atoms with Gasteiger partial charge >= 0.3 is 12.0 Å². The molecule has 3 rings (SSSR count). The van der Waals surface area contributed by atoms with E-state index in [1.165, 1.54) is 4.90 Å². The van der Waals surface area contributed by atoms with Crippen LogP contribution in [0.1, 0.15) is 35.8 Å². The molecule has 2 aromatic rings. The molecule has 0 fully saturated rings. The molecule has 1 atom stereocenters. The van der Waals surface area contributed by atoms with Gasteiger partial charge < -0.3 is 20.3 Å². The van der Waals surface area contributed by atoms with Crippen LogP contribution in [0, 0.1) is 0 Å². The fourth-order valence-corrected chi connectivity index (χ4v) is 3.15. The summed E-state index contributed by atoms with van der Waals surface area (Å²) < 4.78 is 5.20.